The van der Waals surface area contributed by atoms with Crippen LogP contribution in [0.25, 0.3) is 0 Å². The second-order valence-corrected chi connectivity index (χ2v) is 7.39. The number of halogens is 1. The quantitative estimate of drug-likeness (QED) is 0.769. The summed E-state index contributed by atoms with van der Waals surface area (Å²) in [5, 5.41) is 0.430. The molecule has 5 nitrogen and oxygen atoms in total. The Morgan fingerprint density at radius 2 is 2.00 bits per heavy atom. The number of pyridine rings is 1. The maximum absolute atomic E-state index is 12.1. The molecule has 0 unspecified atom stereocenters. The lowest BCUT2D eigenvalue weighted by molar-refractivity contribution is -0.144. The average Bonchev–Trinajstić information content (AvgIpc) is 3.01. The third kappa shape index (κ3) is 4.23. The van der Waals surface area contributed by atoms with E-state index < -0.39 is 0 Å². The third-order valence-electron chi connectivity index (χ3n) is 3.90. The van der Waals surface area contributed by atoms with E-state index in [4.69, 9.17) is 25.8 Å². The minimum atomic E-state index is -0.337. The van der Waals surface area contributed by atoms with Crippen molar-refractivity contribution in [3.8, 4) is 11.5 Å². The van der Waals surface area contributed by atoms with E-state index in [2.05, 4.69) is 25.8 Å². The maximum atomic E-state index is 12.1. The van der Waals surface area contributed by atoms with Gasteiger partial charge in [0, 0.05) is 18.0 Å². The van der Waals surface area contributed by atoms with E-state index in [1.165, 1.54) is 0 Å². The van der Waals surface area contributed by atoms with Crippen LogP contribution >= 0.6 is 11.6 Å². The summed E-state index contributed by atoms with van der Waals surface area (Å²) in [6.45, 7) is 6.67. The molecule has 0 radical (unpaired) electrons. The van der Waals surface area contributed by atoms with Gasteiger partial charge in [0.05, 0.1) is 11.4 Å². The first-order valence-corrected chi connectivity index (χ1v) is 8.39. The van der Waals surface area contributed by atoms with E-state index in [9.17, 15) is 4.79 Å². The topological polar surface area (TPSA) is 57.7 Å². The zero-order valence-corrected chi connectivity index (χ0v) is 15.2. The van der Waals surface area contributed by atoms with Crippen LogP contribution in [0.4, 0.5) is 0 Å². The van der Waals surface area contributed by atoms with Crippen molar-refractivity contribution in [1.29, 1.82) is 0 Å². The molecule has 0 N–H and O–H groups in total. The van der Waals surface area contributed by atoms with Crippen molar-refractivity contribution in [1.82, 2.24) is 4.98 Å². The molecule has 0 atom stereocenters. The summed E-state index contributed by atoms with van der Waals surface area (Å²) in [5.41, 5.74) is 2.69. The molecule has 0 fully saturated rings. The van der Waals surface area contributed by atoms with Crippen molar-refractivity contribution in [3.63, 3.8) is 0 Å². The predicted octanol–water partition coefficient (Wildman–Crippen LogP) is 4.05. The van der Waals surface area contributed by atoms with Gasteiger partial charge >= 0.3 is 5.97 Å². The molecule has 2 heterocycles. The van der Waals surface area contributed by atoms with Crippen LogP contribution < -0.4 is 9.47 Å². The van der Waals surface area contributed by atoms with Gasteiger partial charge in [-0.1, -0.05) is 32.4 Å². The zero-order valence-electron chi connectivity index (χ0n) is 14.5. The molecular weight excluding hydrogens is 342 g/mol. The minimum absolute atomic E-state index is 0.00371. The van der Waals surface area contributed by atoms with Crippen LogP contribution in [0.3, 0.4) is 0 Å². The highest BCUT2D eigenvalue weighted by Crippen LogP contribution is 2.39. The summed E-state index contributed by atoms with van der Waals surface area (Å²) < 4.78 is 15.9. The fourth-order valence-corrected chi connectivity index (χ4v) is 2.77. The summed E-state index contributed by atoms with van der Waals surface area (Å²) in [6, 6.07) is 5.45. The first kappa shape index (κ1) is 17.5. The molecular formula is C19H20ClNO4. The van der Waals surface area contributed by atoms with Gasteiger partial charge in [-0.3, -0.25) is 9.78 Å². The van der Waals surface area contributed by atoms with E-state index in [1.54, 1.807) is 18.3 Å². The van der Waals surface area contributed by atoms with E-state index >= 15 is 0 Å². The maximum Gasteiger partial charge on any atom is 0.310 e. The van der Waals surface area contributed by atoms with Gasteiger partial charge in [0.1, 0.15) is 6.61 Å². The number of hydrogen-bond donors (Lipinski definition) is 0. The Balaban J connectivity index is 1.61. The first-order chi connectivity index (χ1) is 11.8. The number of rotatable bonds is 4. The molecule has 25 heavy (non-hydrogen) atoms. The number of aromatic nitrogens is 1. The number of benzene rings is 1. The lowest BCUT2D eigenvalue weighted by Crippen LogP contribution is -2.13. The van der Waals surface area contributed by atoms with Crippen molar-refractivity contribution in [3.05, 3.63) is 52.3 Å². The molecule has 0 amide bonds. The Morgan fingerprint density at radius 1 is 1.20 bits per heavy atom. The molecule has 3 rings (SSSR count). The average molecular weight is 362 g/mol. The lowest BCUT2D eigenvalue weighted by Gasteiger charge is -2.19. The first-order valence-electron chi connectivity index (χ1n) is 8.01. The summed E-state index contributed by atoms with van der Waals surface area (Å²) in [4.78, 5) is 16.3. The van der Waals surface area contributed by atoms with Gasteiger partial charge in [0.2, 0.25) is 6.79 Å². The van der Waals surface area contributed by atoms with E-state index in [-0.39, 0.29) is 31.2 Å². The van der Waals surface area contributed by atoms with Gasteiger partial charge in [0.15, 0.2) is 11.5 Å². The highest BCUT2D eigenvalue weighted by Gasteiger charge is 2.19. The normalized spacial score (nSPS) is 13.0. The summed E-state index contributed by atoms with van der Waals surface area (Å²) in [6.07, 6.45) is 3.66. The van der Waals surface area contributed by atoms with Gasteiger partial charge in [-0.15, -0.1) is 0 Å². The van der Waals surface area contributed by atoms with Crippen LogP contribution in [-0.4, -0.2) is 17.7 Å². The van der Waals surface area contributed by atoms with Gasteiger partial charge in [-0.05, 0) is 34.7 Å². The number of fused-ring (bicyclic) bond motifs is 1. The smallest absolute Gasteiger partial charge is 0.310 e. The molecule has 0 saturated carbocycles. The Bertz CT molecular complexity index is 798. The molecule has 2 aromatic rings. The van der Waals surface area contributed by atoms with Crippen LogP contribution in [0.15, 0.2) is 30.6 Å². The highest BCUT2D eigenvalue weighted by molar-refractivity contribution is 6.32. The predicted molar refractivity (Wildman–Crippen MR) is 94.0 cm³/mol. The number of ether oxygens (including phenoxy) is 3. The second-order valence-electron chi connectivity index (χ2n) is 6.98. The minimum Gasteiger partial charge on any atom is -0.460 e. The van der Waals surface area contributed by atoms with Crippen LogP contribution in [-0.2, 0) is 28.0 Å². The molecule has 0 bridgehead atoms. The molecule has 1 aromatic heterocycles. The SMILES string of the molecule is CC(C)(C)c1cncc(COC(=O)Cc2cc(Cl)c3c(c2)OCO3)c1. The summed E-state index contributed by atoms with van der Waals surface area (Å²) >= 11 is 6.13. The van der Waals surface area contributed by atoms with Gasteiger partial charge in [-0.2, -0.15) is 0 Å². The molecule has 0 aliphatic carbocycles. The number of nitrogens with zero attached hydrogens (tertiary/aromatic N) is 1. The van der Waals surface area contributed by atoms with Crippen LogP contribution in [0, 0.1) is 0 Å². The molecule has 6 heteroatoms. The largest absolute Gasteiger partial charge is 0.460 e. The van der Waals surface area contributed by atoms with Gasteiger partial charge in [-0.25, -0.2) is 0 Å². The molecule has 0 spiro atoms. The zero-order chi connectivity index (χ0) is 18.0. The Labute approximate surface area is 151 Å². The van der Waals surface area contributed by atoms with Crippen LogP contribution in [0.5, 0.6) is 11.5 Å². The lowest BCUT2D eigenvalue weighted by atomic mass is 9.88. The Hall–Kier alpha value is -2.27. The van der Waals surface area contributed by atoms with Gasteiger partial charge in [0.25, 0.3) is 0 Å². The van der Waals surface area contributed by atoms with Gasteiger partial charge < -0.3 is 14.2 Å². The van der Waals surface area contributed by atoms with Crippen molar-refractivity contribution in [2.45, 2.75) is 39.2 Å². The molecule has 132 valence electrons. The summed E-state index contributed by atoms with van der Waals surface area (Å²) in [7, 11) is 0. The van der Waals surface area contributed by atoms with E-state index in [0.29, 0.717) is 16.5 Å². The van der Waals surface area contributed by atoms with Crippen molar-refractivity contribution >= 4 is 17.6 Å². The third-order valence-corrected chi connectivity index (χ3v) is 4.18. The molecule has 1 aromatic carbocycles. The van der Waals surface area contributed by atoms with Crippen molar-refractivity contribution in [2.75, 3.05) is 6.79 Å². The molecule has 1 aliphatic heterocycles. The standard InChI is InChI=1S/C19H20ClNO4/c1-19(2,3)14-4-13(8-21-9-14)10-23-17(22)7-12-5-15(20)18-16(6-12)24-11-25-18/h4-6,8-9H,7,10-11H2,1-3H3. The van der Waals surface area contributed by atoms with E-state index in [0.717, 1.165) is 16.7 Å². The van der Waals surface area contributed by atoms with Crippen molar-refractivity contribution < 1.29 is 19.0 Å². The number of hydrogen-bond acceptors (Lipinski definition) is 5. The van der Waals surface area contributed by atoms with E-state index in [1.807, 2.05) is 12.3 Å². The monoisotopic (exact) mass is 361 g/mol. The van der Waals surface area contributed by atoms with Crippen molar-refractivity contribution in [2.24, 2.45) is 0 Å². The molecule has 1 aliphatic rings. The Kier molecular flexibility index (Phi) is 4.86. The van der Waals surface area contributed by atoms with Crippen LogP contribution in [0.2, 0.25) is 5.02 Å². The number of carbonyl (C=O) groups is 1. The van der Waals surface area contributed by atoms with Crippen LogP contribution in [0.1, 0.15) is 37.5 Å². The summed E-state index contributed by atoms with van der Waals surface area (Å²) in [5.74, 6) is 0.734. The molecule has 0 saturated heterocycles. The number of carbonyl (C=O) groups excluding carboxylic acids is 1. The number of esters is 1. The fourth-order valence-electron chi connectivity index (χ4n) is 2.48. The Morgan fingerprint density at radius 3 is 2.76 bits per heavy atom. The fraction of sp³-hybridized carbons (Fsp3) is 0.368. The second kappa shape index (κ2) is 6.92. The highest BCUT2D eigenvalue weighted by atomic mass is 35.5.